The van der Waals surface area contributed by atoms with Crippen molar-refractivity contribution in [3.05, 3.63) is 30.1 Å². The van der Waals surface area contributed by atoms with Crippen LogP contribution >= 0.6 is 0 Å². The average molecular weight is 261 g/mol. The molecule has 1 fully saturated rings. The van der Waals surface area contributed by atoms with Gasteiger partial charge in [-0.15, -0.1) is 0 Å². The third-order valence-corrected chi connectivity index (χ3v) is 4.06. The van der Waals surface area contributed by atoms with Gasteiger partial charge in [0.25, 0.3) is 0 Å². The first-order chi connectivity index (χ1) is 9.34. The van der Waals surface area contributed by atoms with Crippen molar-refractivity contribution in [2.75, 3.05) is 26.7 Å². The second-order valence-corrected chi connectivity index (χ2v) is 5.70. The third-order valence-electron chi connectivity index (χ3n) is 4.06. The van der Waals surface area contributed by atoms with Crippen LogP contribution in [0.2, 0.25) is 0 Å². The van der Waals surface area contributed by atoms with Gasteiger partial charge in [-0.25, -0.2) is 0 Å². The van der Waals surface area contributed by atoms with Crippen molar-refractivity contribution in [3.63, 3.8) is 0 Å². The first-order valence-electron chi connectivity index (χ1n) is 7.65. The van der Waals surface area contributed by atoms with Crippen LogP contribution in [0.1, 0.15) is 37.7 Å². The van der Waals surface area contributed by atoms with Gasteiger partial charge in [-0.05, 0) is 44.0 Å². The van der Waals surface area contributed by atoms with Crippen LogP contribution in [-0.2, 0) is 6.42 Å². The molecule has 1 aliphatic rings. The zero-order valence-corrected chi connectivity index (χ0v) is 12.1. The smallest absolute Gasteiger partial charge is 0.0270 e. The van der Waals surface area contributed by atoms with E-state index in [4.69, 9.17) is 0 Å². The highest BCUT2D eigenvalue weighted by Crippen LogP contribution is 2.16. The molecule has 0 aliphatic heterocycles. The molecule has 3 heteroatoms. The summed E-state index contributed by atoms with van der Waals surface area (Å²) in [5, 5.41) is 3.70. The lowest BCUT2D eigenvalue weighted by atomic mass is 9.95. The minimum atomic E-state index is 0.780. The van der Waals surface area contributed by atoms with E-state index in [1.54, 1.807) is 0 Å². The Morgan fingerprint density at radius 2 is 1.89 bits per heavy atom. The van der Waals surface area contributed by atoms with E-state index in [0.29, 0.717) is 0 Å². The second-order valence-electron chi connectivity index (χ2n) is 5.70. The second kappa shape index (κ2) is 8.28. The number of rotatable bonds is 7. The molecule has 1 aromatic rings. The standard InChI is InChI=1S/C16H27N3/c1-19(13-9-15-7-10-17-11-8-15)14-12-18-16-5-3-2-4-6-16/h7-8,10-11,16,18H,2-6,9,12-14H2,1H3. The van der Waals surface area contributed by atoms with E-state index in [-0.39, 0.29) is 0 Å². The predicted octanol–water partition coefficient (Wildman–Crippen LogP) is 2.48. The Morgan fingerprint density at radius 1 is 1.16 bits per heavy atom. The quantitative estimate of drug-likeness (QED) is 0.817. The number of likely N-dealkylation sites (N-methyl/N-ethyl adjacent to an activating group) is 1. The summed E-state index contributed by atoms with van der Waals surface area (Å²) in [6.45, 7) is 3.38. The molecule has 0 aromatic carbocycles. The van der Waals surface area contributed by atoms with Crippen LogP contribution < -0.4 is 5.32 Å². The molecule has 3 nitrogen and oxygen atoms in total. The summed E-state index contributed by atoms with van der Waals surface area (Å²) in [5.74, 6) is 0. The molecule has 0 unspecified atom stereocenters. The largest absolute Gasteiger partial charge is 0.313 e. The molecule has 0 saturated heterocycles. The van der Waals surface area contributed by atoms with Gasteiger partial charge < -0.3 is 10.2 Å². The number of hydrogen-bond donors (Lipinski definition) is 1. The summed E-state index contributed by atoms with van der Waals surface area (Å²) < 4.78 is 0. The predicted molar refractivity (Wildman–Crippen MR) is 80.3 cm³/mol. The SMILES string of the molecule is CN(CCNC1CCCCC1)CCc1ccncc1. The van der Waals surface area contributed by atoms with E-state index in [1.807, 2.05) is 12.4 Å². The van der Waals surface area contributed by atoms with Gasteiger partial charge >= 0.3 is 0 Å². The van der Waals surface area contributed by atoms with Crippen molar-refractivity contribution in [2.24, 2.45) is 0 Å². The maximum absolute atomic E-state index is 4.05. The van der Waals surface area contributed by atoms with Crippen molar-refractivity contribution >= 4 is 0 Å². The molecule has 0 radical (unpaired) electrons. The molecule has 1 aromatic heterocycles. The van der Waals surface area contributed by atoms with Gasteiger partial charge in [0, 0.05) is 38.1 Å². The molecule has 1 N–H and O–H groups in total. The lowest BCUT2D eigenvalue weighted by Crippen LogP contribution is -2.37. The minimum absolute atomic E-state index is 0.780. The van der Waals surface area contributed by atoms with E-state index in [0.717, 1.165) is 32.1 Å². The molecule has 2 rings (SSSR count). The van der Waals surface area contributed by atoms with E-state index >= 15 is 0 Å². The topological polar surface area (TPSA) is 28.2 Å². The summed E-state index contributed by atoms with van der Waals surface area (Å²) in [6.07, 6.45) is 11.9. The van der Waals surface area contributed by atoms with Crippen molar-refractivity contribution in [2.45, 2.75) is 44.6 Å². The lowest BCUT2D eigenvalue weighted by Gasteiger charge is -2.24. The molecule has 106 valence electrons. The average Bonchev–Trinajstić information content (AvgIpc) is 2.47. The highest BCUT2D eigenvalue weighted by Gasteiger charge is 2.12. The van der Waals surface area contributed by atoms with Crippen LogP contribution in [-0.4, -0.2) is 42.6 Å². The minimum Gasteiger partial charge on any atom is -0.313 e. The maximum atomic E-state index is 4.05. The number of nitrogens with one attached hydrogen (secondary N) is 1. The van der Waals surface area contributed by atoms with Crippen molar-refractivity contribution < 1.29 is 0 Å². The van der Waals surface area contributed by atoms with Gasteiger partial charge in [0.05, 0.1) is 0 Å². The van der Waals surface area contributed by atoms with E-state index in [1.165, 1.54) is 37.7 Å². The Hall–Kier alpha value is -0.930. The van der Waals surface area contributed by atoms with Crippen LogP contribution in [0.3, 0.4) is 0 Å². The first kappa shape index (κ1) is 14.5. The Labute approximate surface area is 117 Å². The van der Waals surface area contributed by atoms with Crippen LogP contribution in [0.15, 0.2) is 24.5 Å². The Morgan fingerprint density at radius 3 is 2.63 bits per heavy atom. The fourth-order valence-electron chi connectivity index (χ4n) is 2.75. The lowest BCUT2D eigenvalue weighted by molar-refractivity contribution is 0.308. The maximum Gasteiger partial charge on any atom is 0.0270 e. The van der Waals surface area contributed by atoms with Gasteiger partial charge in [-0.2, -0.15) is 0 Å². The summed E-state index contributed by atoms with van der Waals surface area (Å²) in [5.41, 5.74) is 1.38. The normalized spacial score (nSPS) is 16.9. The molecular weight excluding hydrogens is 234 g/mol. The van der Waals surface area contributed by atoms with Gasteiger partial charge in [0.2, 0.25) is 0 Å². The van der Waals surface area contributed by atoms with Gasteiger partial charge in [-0.1, -0.05) is 19.3 Å². The van der Waals surface area contributed by atoms with Gasteiger partial charge in [0.15, 0.2) is 0 Å². The molecule has 1 aliphatic carbocycles. The molecular formula is C16H27N3. The van der Waals surface area contributed by atoms with Gasteiger partial charge in [0.1, 0.15) is 0 Å². The molecule has 19 heavy (non-hydrogen) atoms. The van der Waals surface area contributed by atoms with E-state index in [9.17, 15) is 0 Å². The fraction of sp³-hybridized carbons (Fsp3) is 0.688. The van der Waals surface area contributed by atoms with Crippen LogP contribution in [0.25, 0.3) is 0 Å². The Kier molecular flexibility index (Phi) is 6.31. The molecule has 1 saturated carbocycles. The summed E-state index contributed by atoms with van der Waals surface area (Å²) >= 11 is 0. The number of pyridine rings is 1. The van der Waals surface area contributed by atoms with Crippen molar-refractivity contribution in [1.82, 2.24) is 15.2 Å². The van der Waals surface area contributed by atoms with Crippen LogP contribution in [0.4, 0.5) is 0 Å². The van der Waals surface area contributed by atoms with Crippen LogP contribution in [0.5, 0.6) is 0 Å². The zero-order chi connectivity index (χ0) is 13.3. The summed E-state index contributed by atoms with van der Waals surface area (Å²) in [7, 11) is 2.21. The van der Waals surface area contributed by atoms with E-state index < -0.39 is 0 Å². The van der Waals surface area contributed by atoms with Gasteiger partial charge in [-0.3, -0.25) is 4.98 Å². The summed E-state index contributed by atoms with van der Waals surface area (Å²) in [6, 6.07) is 4.99. The number of aromatic nitrogens is 1. The van der Waals surface area contributed by atoms with Crippen molar-refractivity contribution in [3.8, 4) is 0 Å². The first-order valence-corrected chi connectivity index (χ1v) is 7.65. The number of hydrogen-bond acceptors (Lipinski definition) is 3. The molecule has 0 bridgehead atoms. The Balaban J connectivity index is 1.55. The monoisotopic (exact) mass is 261 g/mol. The zero-order valence-electron chi connectivity index (χ0n) is 12.1. The highest BCUT2D eigenvalue weighted by atomic mass is 15.1. The summed E-state index contributed by atoms with van der Waals surface area (Å²) in [4.78, 5) is 6.46. The third kappa shape index (κ3) is 5.70. The highest BCUT2D eigenvalue weighted by molar-refractivity contribution is 5.09. The van der Waals surface area contributed by atoms with Crippen molar-refractivity contribution in [1.29, 1.82) is 0 Å². The molecule has 0 spiro atoms. The fourth-order valence-corrected chi connectivity index (χ4v) is 2.75. The number of nitrogens with zero attached hydrogens (tertiary/aromatic N) is 2. The Bertz CT molecular complexity index is 333. The van der Waals surface area contributed by atoms with E-state index in [2.05, 4.69) is 34.4 Å². The van der Waals surface area contributed by atoms with Crippen LogP contribution in [0, 0.1) is 0 Å². The molecule has 0 amide bonds. The molecule has 0 atom stereocenters. The molecule has 1 heterocycles.